The summed E-state index contributed by atoms with van der Waals surface area (Å²) >= 11 is 11.1. The lowest BCUT2D eigenvalue weighted by Gasteiger charge is -2.30. The lowest BCUT2D eigenvalue weighted by Crippen LogP contribution is -2.38. The zero-order chi connectivity index (χ0) is 27.9. The van der Waals surface area contributed by atoms with Crippen molar-refractivity contribution in [2.24, 2.45) is 4.99 Å². The van der Waals surface area contributed by atoms with Crippen molar-refractivity contribution in [3.63, 3.8) is 0 Å². The molecule has 0 saturated heterocycles. The highest BCUT2D eigenvalue weighted by Crippen LogP contribution is 2.41. The zero-order valence-corrected chi connectivity index (χ0v) is 25.0. The van der Waals surface area contributed by atoms with Crippen LogP contribution in [0.25, 0.3) is 11.8 Å². The average Bonchev–Trinajstić information content (AvgIpc) is 3.30. The number of fused-ring (bicyclic) bond motifs is 3. The molecule has 0 bridgehead atoms. The second-order valence-electron chi connectivity index (χ2n) is 10.2. The standard InChI is InChI=1S/C34H24BrClN2O2S/c35-25-13-8-21(9-14-25)20-40-27-6-3-4-22(18-27)19-30-33(39)38-32(24-10-15-26(36)16-11-24)29-17-12-23-5-1-2-7-28(23)31(29)37-34(38)41-30/h1-11,13-16,18-19,32H,12,17,20H2/b30-19+/t32-/m1/s1. The minimum absolute atomic E-state index is 0.0414. The molecule has 1 aliphatic carbocycles. The minimum Gasteiger partial charge on any atom is -0.489 e. The van der Waals surface area contributed by atoms with E-state index in [1.807, 2.05) is 83.4 Å². The first-order valence-corrected chi connectivity index (χ1v) is 15.4. The van der Waals surface area contributed by atoms with Gasteiger partial charge in [0.25, 0.3) is 5.56 Å². The molecule has 5 aromatic rings. The predicted octanol–water partition coefficient (Wildman–Crippen LogP) is 7.31. The van der Waals surface area contributed by atoms with Gasteiger partial charge in [0.2, 0.25) is 0 Å². The number of hydrogen-bond donors (Lipinski definition) is 0. The van der Waals surface area contributed by atoms with Gasteiger partial charge < -0.3 is 4.74 Å². The van der Waals surface area contributed by atoms with E-state index in [1.54, 1.807) is 0 Å². The molecule has 0 fully saturated rings. The molecular formula is C34H24BrClN2O2S. The molecule has 0 saturated carbocycles. The Morgan fingerprint density at radius 1 is 0.976 bits per heavy atom. The monoisotopic (exact) mass is 638 g/mol. The first kappa shape index (κ1) is 26.2. The van der Waals surface area contributed by atoms with E-state index in [-0.39, 0.29) is 11.6 Å². The fraction of sp³-hybridized carbons (Fsp3) is 0.118. The van der Waals surface area contributed by atoms with Gasteiger partial charge in [0, 0.05) is 15.1 Å². The van der Waals surface area contributed by atoms with Crippen LogP contribution in [0.2, 0.25) is 5.02 Å². The summed E-state index contributed by atoms with van der Waals surface area (Å²) in [7, 11) is 0. The summed E-state index contributed by atoms with van der Waals surface area (Å²) in [4.78, 5) is 19.8. The molecule has 41 heavy (non-hydrogen) atoms. The molecular weight excluding hydrogens is 616 g/mol. The first-order chi connectivity index (χ1) is 20.0. The summed E-state index contributed by atoms with van der Waals surface area (Å²) in [5.41, 5.74) is 7.59. The Morgan fingerprint density at radius 2 is 1.78 bits per heavy atom. The number of allylic oxidation sites excluding steroid dienone is 1. The quantitative estimate of drug-likeness (QED) is 0.202. The van der Waals surface area contributed by atoms with Crippen LogP contribution >= 0.6 is 38.9 Å². The van der Waals surface area contributed by atoms with E-state index in [0.717, 1.165) is 51.0 Å². The molecule has 1 aromatic heterocycles. The number of aryl methyl sites for hydroxylation is 1. The Bertz CT molecular complexity index is 1990. The summed E-state index contributed by atoms with van der Waals surface area (Å²) in [6.07, 6.45) is 3.71. The van der Waals surface area contributed by atoms with Crippen LogP contribution in [0.3, 0.4) is 0 Å². The van der Waals surface area contributed by atoms with Crippen molar-refractivity contribution in [3.05, 3.63) is 160 Å². The van der Waals surface area contributed by atoms with Gasteiger partial charge in [-0.1, -0.05) is 99.5 Å². The lowest BCUT2D eigenvalue weighted by atomic mass is 9.83. The molecule has 2 heterocycles. The van der Waals surface area contributed by atoms with Crippen LogP contribution in [-0.2, 0) is 13.0 Å². The number of aromatic nitrogens is 1. The topological polar surface area (TPSA) is 43.6 Å². The van der Waals surface area contributed by atoms with E-state index in [2.05, 4.69) is 40.2 Å². The van der Waals surface area contributed by atoms with Gasteiger partial charge in [0.05, 0.1) is 16.3 Å². The summed E-state index contributed by atoms with van der Waals surface area (Å²) < 4.78 is 9.59. The van der Waals surface area contributed by atoms with Crippen molar-refractivity contribution in [2.75, 3.05) is 0 Å². The molecule has 0 N–H and O–H groups in total. The number of thiazole rings is 1. The molecule has 4 aromatic carbocycles. The van der Waals surface area contributed by atoms with Gasteiger partial charge in [-0.3, -0.25) is 9.36 Å². The van der Waals surface area contributed by atoms with Gasteiger partial charge >= 0.3 is 0 Å². The number of halogens is 2. The Morgan fingerprint density at radius 3 is 2.61 bits per heavy atom. The molecule has 0 radical (unpaired) electrons. The van der Waals surface area contributed by atoms with Gasteiger partial charge in [0.1, 0.15) is 12.4 Å². The second-order valence-corrected chi connectivity index (χ2v) is 12.5. The van der Waals surface area contributed by atoms with E-state index in [0.29, 0.717) is 21.0 Å². The van der Waals surface area contributed by atoms with E-state index >= 15 is 0 Å². The third kappa shape index (κ3) is 5.12. The molecule has 202 valence electrons. The lowest BCUT2D eigenvalue weighted by molar-refractivity contribution is 0.306. The average molecular weight is 640 g/mol. The molecule has 1 atom stereocenters. The van der Waals surface area contributed by atoms with Gasteiger partial charge in [-0.05, 0) is 83.1 Å². The van der Waals surface area contributed by atoms with Crippen LogP contribution in [0.15, 0.2) is 117 Å². The molecule has 0 spiro atoms. The fourth-order valence-electron chi connectivity index (χ4n) is 5.56. The summed E-state index contributed by atoms with van der Waals surface area (Å²) in [6, 6.07) is 32.0. The van der Waals surface area contributed by atoms with E-state index in [4.69, 9.17) is 21.3 Å². The van der Waals surface area contributed by atoms with Gasteiger partial charge in [-0.2, -0.15) is 0 Å². The molecule has 1 aliphatic heterocycles. The highest BCUT2D eigenvalue weighted by atomic mass is 79.9. The molecule has 2 aliphatic rings. The maximum Gasteiger partial charge on any atom is 0.271 e. The fourth-order valence-corrected chi connectivity index (χ4v) is 6.95. The van der Waals surface area contributed by atoms with Crippen LogP contribution < -0.4 is 19.6 Å². The highest BCUT2D eigenvalue weighted by molar-refractivity contribution is 9.10. The van der Waals surface area contributed by atoms with E-state index < -0.39 is 0 Å². The van der Waals surface area contributed by atoms with Crippen molar-refractivity contribution in [3.8, 4) is 5.75 Å². The normalized spacial score (nSPS) is 16.0. The highest BCUT2D eigenvalue weighted by Gasteiger charge is 2.32. The Balaban J connectivity index is 1.30. The number of benzene rings is 4. The van der Waals surface area contributed by atoms with Crippen LogP contribution in [0, 0.1) is 0 Å². The van der Waals surface area contributed by atoms with Crippen LogP contribution in [-0.4, -0.2) is 4.57 Å². The number of rotatable bonds is 5. The smallest absolute Gasteiger partial charge is 0.271 e. The van der Waals surface area contributed by atoms with Crippen molar-refractivity contribution in [2.45, 2.75) is 25.5 Å². The van der Waals surface area contributed by atoms with Crippen LogP contribution in [0.1, 0.15) is 40.3 Å². The summed E-state index contributed by atoms with van der Waals surface area (Å²) in [5, 5.41) is 0.673. The third-order valence-electron chi connectivity index (χ3n) is 7.53. The van der Waals surface area contributed by atoms with E-state index in [1.165, 1.54) is 22.5 Å². The van der Waals surface area contributed by atoms with Crippen molar-refractivity contribution in [1.29, 1.82) is 0 Å². The Hall–Kier alpha value is -3.71. The van der Waals surface area contributed by atoms with E-state index in [9.17, 15) is 4.79 Å². The second kappa shape index (κ2) is 10.9. The van der Waals surface area contributed by atoms with Crippen molar-refractivity contribution >= 4 is 50.6 Å². The van der Waals surface area contributed by atoms with Crippen LogP contribution in [0.5, 0.6) is 5.75 Å². The van der Waals surface area contributed by atoms with Crippen molar-refractivity contribution < 1.29 is 4.74 Å². The van der Waals surface area contributed by atoms with Crippen molar-refractivity contribution in [1.82, 2.24) is 4.57 Å². The zero-order valence-electron chi connectivity index (χ0n) is 21.9. The Labute approximate surface area is 254 Å². The summed E-state index contributed by atoms with van der Waals surface area (Å²) in [6.45, 7) is 0.465. The maximum absolute atomic E-state index is 14.0. The largest absolute Gasteiger partial charge is 0.489 e. The first-order valence-electron chi connectivity index (χ1n) is 13.4. The molecule has 0 unspecified atom stereocenters. The SMILES string of the molecule is O=c1/c(=C\c2cccc(OCc3ccc(Br)cc3)c2)sc2n1[C@H](c1ccc(Cl)cc1)C1=C(N=2)c2ccccc2CC1. The number of hydrogen-bond acceptors (Lipinski definition) is 4. The van der Waals surface area contributed by atoms with Gasteiger partial charge in [0.15, 0.2) is 4.80 Å². The minimum atomic E-state index is -0.227. The van der Waals surface area contributed by atoms with Gasteiger partial charge in [-0.15, -0.1) is 0 Å². The molecule has 4 nitrogen and oxygen atoms in total. The molecule has 7 rings (SSSR count). The molecule has 7 heteroatoms. The number of ether oxygens (including phenoxy) is 1. The maximum atomic E-state index is 14.0. The third-order valence-corrected chi connectivity index (χ3v) is 9.30. The predicted molar refractivity (Wildman–Crippen MR) is 169 cm³/mol. The molecule has 0 amide bonds. The van der Waals surface area contributed by atoms with Crippen LogP contribution in [0.4, 0.5) is 0 Å². The summed E-state index contributed by atoms with van der Waals surface area (Å²) in [5.74, 6) is 0.751. The van der Waals surface area contributed by atoms with Gasteiger partial charge in [-0.25, -0.2) is 4.99 Å². The number of nitrogens with zero attached hydrogens (tertiary/aromatic N) is 2. The Kier molecular flexibility index (Phi) is 6.99.